The molecule has 1 rings (SSSR count). The first-order valence-corrected chi connectivity index (χ1v) is 7.22. The van der Waals surface area contributed by atoms with Crippen molar-refractivity contribution in [3.05, 3.63) is 0 Å². The zero-order chi connectivity index (χ0) is 14.3. The Morgan fingerprint density at radius 1 is 1.32 bits per heavy atom. The Hall–Kier alpha value is -1.26. The highest BCUT2D eigenvalue weighted by atomic mass is 16.4. The number of nitrogens with zero attached hydrogens (tertiary/aromatic N) is 1. The van der Waals surface area contributed by atoms with Crippen molar-refractivity contribution >= 4 is 12.0 Å². The minimum atomic E-state index is -0.880. The van der Waals surface area contributed by atoms with Crippen LogP contribution in [0.25, 0.3) is 0 Å². The van der Waals surface area contributed by atoms with E-state index >= 15 is 0 Å². The number of carboxylic acids is 1. The van der Waals surface area contributed by atoms with E-state index in [9.17, 15) is 9.59 Å². The van der Waals surface area contributed by atoms with Gasteiger partial charge in [-0.15, -0.1) is 0 Å². The molecule has 0 spiro atoms. The molecule has 0 aromatic heterocycles. The topological polar surface area (TPSA) is 69.6 Å². The minimum absolute atomic E-state index is 0.0130. The monoisotopic (exact) mass is 270 g/mol. The van der Waals surface area contributed by atoms with Crippen LogP contribution >= 0.6 is 0 Å². The van der Waals surface area contributed by atoms with Gasteiger partial charge >= 0.3 is 12.0 Å². The first-order valence-electron chi connectivity index (χ1n) is 7.22. The molecule has 5 nitrogen and oxygen atoms in total. The Bertz CT molecular complexity index is 301. The standard InChI is InChI=1S/C14H26N2O3/c1-11(10-12-6-4-3-5-7-12)15-14(19)16(2)9-8-13(17)18/h11-12H,3-10H2,1-2H3,(H,15,19)(H,17,18)/t11-/m0/s1. The molecule has 0 radical (unpaired) electrons. The first kappa shape index (κ1) is 15.8. The molecule has 5 heteroatoms. The number of aliphatic carboxylic acids is 1. The van der Waals surface area contributed by atoms with Crippen LogP contribution in [-0.2, 0) is 4.79 Å². The average molecular weight is 270 g/mol. The molecule has 1 atom stereocenters. The van der Waals surface area contributed by atoms with Crippen LogP contribution in [0.3, 0.4) is 0 Å². The molecule has 2 N–H and O–H groups in total. The lowest BCUT2D eigenvalue weighted by Gasteiger charge is -2.26. The van der Waals surface area contributed by atoms with E-state index in [-0.39, 0.29) is 25.0 Å². The smallest absolute Gasteiger partial charge is 0.317 e. The number of carboxylic acid groups (broad SMARTS) is 1. The van der Waals surface area contributed by atoms with E-state index < -0.39 is 5.97 Å². The van der Waals surface area contributed by atoms with Gasteiger partial charge in [0.2, 0.25) is 0 Å². The van der Waals surface area contributed by atoms with E-state index in [4.69, 9.17) is 5.11 Å². The van der Waals surface area contributed by atoms with Crippen LogP contribution in [0.2, 0.25) is 0 Å². The maximum Gasteiger partial charge on any atom is 0.317 e. The second-order valence-electron chi connectivity index (χ2n) is 5.66. The summed E-state index contributed by atoms with van der Waals surface area (Å²) in [5.74, 6) is -0.150. The summed E-state index contributed by atoms with van der Waals surface area (Å²) in [7, 11) is 1.63. The molecule has 19 heavy (non-hydrogen) atoms. The van der Waals surface area contributed by atoms with Gasteiger partial charge in [-0.25, -0.2) is 4.79 Å². The van der Waals surface area contributed by atoms with Gasteiger partial charge in [-0.1, -0.05) is 32.1 Å². The fraction of sp³-hybridized carbons (Fsp3) is 0.857. The summed E-state index contributed by atoms with van der Waals surface area (Å²) >= 11 is 0. The molecule has 1 saturated carbocycles. The normalized spacial score (nSPS) is 17.8. The van der Waals surface area contributed by atoms with Crippen molar-refractivity contribution in [3.63, 3.8) is 0 Å². The van der Waals surface area contributed by atoms with Crippen LogP contribution in [-0.4, -0.2) is 41.6 Å². The van der Waals surface area contributed by atoms with E-state index in [1.807, 2.05) is 6.92 Å². The number of hydrogen-bond acceptors (Lipinski definition) is 2. The zero-order valence-electron chi connectivity index (χ0n) is 12.0. The number of carbonyl (C=O) groups excluding carboxylic acids is 1. The second-order valence-corrected chi connectivity index (χ2v) is 5.66. The summed E-state index contributed by atoms with van der Waals surface area (Å²) in [5.41, 5.74) is 0. The van der Waals surface area contributed by atoms with E-state index in [1.165, 1.54) is 37.0 Å². The molecular weight excluding hydrogens is 244 g/mol. The number of nitrogens with one attached hydrogen (secondary N) is 1. The second kappa shape index (κ2) is 8.02. The summed E-state index contributed by atoms with van der Waals surface area (Å²) in [6.45, 7) is 2.27. The molecule has 0 saturated heterocycles. The zero-order valence-corrected chi connectivity index (χ0v) is 12.0. The van der Waals surface area contributed by atoms with E-state index in [1.54, 1.807) is 7.05 Å². The molecule has 0 bridgehead atoms. The van der Waals surface area contributed by atoms with Crippen molar-refractivity contribution in [1.82, 2.24) is 10.2 Å². The molecular formula is C14H26N2O3. The first-order chi connectivity index (χ1) is 8.99. The van der Waals surface area contributed by atoms with Gasteiger partial charge in [0.25, 0.3) is 0 Å². The summed E-state index contributed by atoms with van der Waals surface area (Å²) < 4.78 is 0. The number of rotatable bonds is 6. The molecule has 0 aliphatic heterocycles. The van der Waals surface area contributed by atoms with Crippen LogP contribution in [0.15, 0.2) is 0 Å². The summed E-state index contributed by atoms with van der Waals surface area (Å²) in [4.78, 5) is 23.7. The quantitative estimate of drug-likeness (QED) is 0.779. The van der Waals surface area contributed by atoms with Crippen molar-refractivity contribution < 1.29 is 14.7 Å². The largest absolute Gasteiger partial charge is 0.481 e. The highest BCUT2D eigenvalue weighted by Crippen LogP contribution is 2.27. The Morgan fingerprint density at radius 3 is 2.53 bits per heavy atom. The van der Waals surface area contributed by atoms with Gasteiger partial charge < -0.3 is 15.3 Å². The molecule has 2 amide bonds. The Morgan fingerprint density at radius 2 is 1.95 bits per heavy atom. The van der Waals surface area contributed by atoms with Crippen molar-refractivity contribution in [3.8, 4) is 0 Å². The lowest BCUT2D eigenvalue weighted by atomic mass is 9.85. The number of hydrogen-bond donors (Lipinski definition) is 2. The van der Waals surface area contributed by atoms with E-state index in [0.29, 0.717) is 0 Å². The Kier molecular flexibility index (Phi) is 6.67. The highest BCUT2D eigenvalue weighted by Gasteiger charge is 2.18. The average Bonchev–Trinajstić information content (AvgIpc) is 2.36. The van der Waals surface area contributed by atoms with Gasteiger partial charge in [0.05, 0.1) is 6.42 Å². The minimum Gasteiger partial charge on any atom is -0.481 e. The molecule has 1 aliphatic carbocycles. The predicted molar refractivity (Wildman–Crippen MR) is 74.1 cm³/mol. The summed E-state index contributed by atoms with van der Waals surface area (Å²) in [6.07, 6.45) is 7.52. The Balaban J connectivity index is 2.24. The van der Waals surface area contributed by atoms with Crippen molar-refractivity contribution in [2.75, 3.05) is 13.6 Å². The van der Waals surface area contributed by atoms with Gasteiger partial charge in [0, 0.05) is 19.6 Å². The predicted octanol–water partition coefficient (Wildman–Crippen LogP) is 2.46. The van der Waals surface area contributed by atoms with Crippen LogP contribution in [0, 0.1) is 5.92 Å². The van der Waals surface area contributed by atoms with Gasteiger partial charge in [-0.2, -0.15) is 0 Å². The maximum absolute atomic E-state index is 11.8. The third-order valence-corrected chi connectivity index (χ3v) is 3.79. The fourth-order valence-corrected chi connectivity index (χ4v) is 2.67. The SMILES string of the molecule is C[C@@H](CC1CCCCC1)NC(=O)N(C)CCC(=O)O. The van der Waals surface area contributed by atoms with Crippen molar-refractivity contribution in [2.24, 2.45) is 5.92 Å². The van der Waals surface area contributed by atoms with Gasteiger partial charge in [-0.3, -0.25) is 4.79 Å². The number of urea groups is 1. The fourth-order valence-electron chi connectivity index (χ4n) is 2.67. The third kappa shape index (κ3) is 6.45. The lowest BCUT2D eigenvalue weighted by Crippen LogP contribution is -2.43. The number of amides is 2. The van der Waals surface area contributed by atoms with Crippen LogP contribution in [0.4, 0.5) is 4.79 Å². The molecule has 0 unspecified atom stereocenters. The van der Waals surface area contributed by atoms with Gasteiger partial charge in [-0.05, 0) is 19.3 Å². The van der Waals surface area contributed by atoms with Gasteiger partial charge in [0.1, 0.15) is 0 Å². The van der Waals surface area contributed by atoms with E-state index in [0.717, 1.165) is 12.3 Å². The van der Waals surface area contributed by atoms with Crippen molar-refractivity contribution in [1.29, 1.82) is 0 Å². The van der Waals surface area contributed by atoms with Gasteiger partial charge in [0.15, 0.2) is 0 Å². The van der Waals surface area contributed by atoms with Crippen LogP contribution in [0.5, 0.6) is 0 Å². The molecule has 0 aromatic rings. The maximum atomic E-state index is 11.8. The highest BCUT2D eigenvalue weighted by molar-refractivity contribution is 5.75. The molecule has 110 valence electrons. The third-order valence-electron chi connectivity index (χ3n) is 3.79. The lowest BCUT2D eigenvalue weighted by molar-refractivity contribution is -0.137. The Labute approximate surface area is 115 Å². The molecule has 0 aromatic carbocycles. The van der Waals surface area contributed by atoms with Crippen LogP contribution in [0.1, 0.15) is 51.9 Å². The molecule has 0 heterocycles. The van der Waals surface area contributed by atoms with Crippen molar-refractivity contribution in [2.45, 2.75) is 57.9 Å². The molecule has 1 fully saturated rings. The van der Waals surface area contributed by atoms with E-state index in [2.05, 4.69) is 5.32 Å². The van der Waals surface area contributed by atoms with Crippen LogP contribution < -0.4 is 5.32 Å². The summed E-state index contributed by atoms with van der Waals surface area (Å²) in [6, 6.07) is -0.0209. The summed E-state index contributed by atoms with van der Waals surface area (Å²) in [5, 5.41) is 11.5. The molecule has 1 aliphatic rings. The number of carbonyl (C=O) groups is 2.